The van der Waals surface area contributed by atoms with Crippen molar-refractivity contribution in [2.75, 3.05) is 6.61 Å². The molecular formula is C13H20O2. The first kappa shape index (κ1) is 12.0. The first-order valence-electron chi connectivity index (χ1n) is 5.51. The van der Waals surface area contributed by atoms with Crippen molar-refractivity contribution in [3.8, 4) is 0 Å². The zero-order valence-electron chi connectivity index (χ0n) is 9.82. The lowest BCUT2D eigenvalue weighted by Crippen LogP contribution is -2.30. The molecule has 84 valence electrons. The van der Waals surface area contributed by atoms with Crippen LogP contribution in [0, 0.1) is 17.8 Å². The number of carbonyl (C=O) groups excluding carboxylic acids is 1. The number of hydrogen-bond donors (Lipinski definition) is 0. The molecule has 0 N–H and O–H groups in total. The predicted octanol–water partition coefficient (Wildman–Crippen LogP) is 2.95. The lowest BCUT2D eigenvalue weighted by molar-refractivity contribution is -0.149. The third kappa shape index (κ3) is 2.95. The molecule has 0 radical (unpaired) electrons. The number of carbonyl (C=O) groups is 1. The van der Waals surface area contributed by atoms with E-state index in [1.165, 1.54) is 5.57 Å². The van der Waals surface area contributed by atoms with E-state index < -0.39 is 0 Å². The highest BCUT2D eigenvalue weighted by atomic mass is 16.5. The van der Waals surface area contributed by atoms with Crippen LogP contribution in [0.15, 0.2) is 24.3 Å². The van der Waals surface area contributed by atoms with Crippen LogP contribution >= 0.6 is 0 Å². The van der Waals surface area contributed by atoms with E-state index in [1.54, 1.807) is 6.08 Å². The van der Waals surface area contributed by atoms with E-state index in [-0.39, 0.29) is 11.9 Å². The summed E-state index contributed by atoms with van der Waals surface area (Å²) in [7, 11) is 0. The number of esters is 1. The van der Waals surface area contributed by atoms with Gasteiger partial charge >= 0.3 is 5.97 Å². The third-order valence-electron chi connectivity index (χ3n) is 3.20. The molecule has 0 aliphatic heterocycles. The Morgan fingerprint density at radius 2 is 2.33 bits per heavy atom. The van der Waals surface area contributed by atoms with E-state index in [0.717, 1.165) is 6.42 Å². The van der Waals surface area contributed by atoms with Crippen molar-refractivity contribution < 1.29 is 9.53 Å². The second kappa shape index (κ2) is 5.15. The highest BCUT2D eigenvalue weighted by Crippen LogP contribution is 2.34. The molecular weight excluding hydrogens is 188 g/mol. The van der Waals surface area contributed by atoms with Gasteiger partial charge in [0.05, 0.1) is 5.92 Å². The molecule has 2 nitrogen and oxygen atoms in total. The van der Waals surface area contributed by atoms with Gasteiger partial charge in [-0.05, 0) is 25.2 Å². The summed E-state index contributed by atoms with van der Waals surface area (Å²) in [6.07, 6.45) is 4.70. The zero-order chi connectivity index (χ0) is 11.4. The number of rotatable bonds is 3. The van der Waals surface area contributed by atoms with Crippen molar-refractivity contribution in [1.82, 2.24) is 0 Å². The molecule has 0 heterocycles. The van der Waals surface area contributed by atoms with Crippen molar-refractivity contribution in [3.63, 3.8) is 0 Å². The summed E-state index contributed by atoms with van der Waals surface area (Å²) in [5, 5.41) is 0. The summed E-state index contributed by atoms with van der Waals surface area (Å²) < 4.78 is 5.11. The maximum atomic E-state index is 11.8. The monoisotopic (exact) mass is 208 g/mol. The Labute approximate surface area is 92.0 Å². The average Bonchev–Trinajstić information content (AvgIpc) is 2.19. The van der Waals surface area contributed by atoms with E-state index in [0.29, 0.717) is 18.4 Å². The van der Waals surface area contributed by atoms with Crippen LogP contribution in [0.2, 0.25) is 0 Å². The van der Waals surface area contributed by atoms with Crippen molar-refractivity contribution >= 4 is 5.97 Å². The van der Waals surface area contributed by atoms with Gasteiger partial charge in [-0.25, -0.2) is 0 Å². The number of ether oxygens (including phenoxy) is 1. The van der Waals surface area contributed by atoms with Gasteiger partial charge < -0.3 is 4.74 Å². The van der Waals surface area contributed by atoms with Crippen molar-refractivity contribution in [3.05, 3.63) is 24.3 Å². The molecule has 0 unspecified atom stereocenters. The standard InChI is InChI=1S/C13H20O2/c1-5-6-15-13(14)12-8-9(2)7-10(3)11(12)4/h5,7,10-12H,1,6,8H2,2-4H3/t10-,11+,12+/m0/s1. The van der Waals surface area contributed by atoms with Gasteiger partial charge in [-0.3, -0.25) is 4.79 Å². The molecule has 0 saturated carbocycles. The van der Waals surface area contributed by atoms with E-state index in [1.807, 2.05) is 0 Å². The Balaban J connectivity index is 2.65. The minimum absolute atomic E-state index is 0.0185. The average molecular weight is 208 g/mol. The van der Waals surface area contributed by atoms with E-state index in [2.05, 4.69) is 33.4 Å². The van der Waals surface area contributed by atoms with Gasteiger partial charge in [-0.2, -0.15) is 0 Å². The van der Waals surface area contributed by atoms with Crippen LogP contribution in [-0.4, -0.2) is 12.6 Å². The first-order valence-corrected chi connectivity index (χ1v) is 5.51. The second-order valence-electron chi connectivity index (χ2n) is 4.46. The normalized spacial score (nSPS) is 30.6. The molecule has 0 aromatic heterocycles. The van der Waals surface area contributed by atoms with Crippen LogP contribution in [0.5, 0.6) is 0 Å². The molecule has 1 rings (SSSR count). The van der Waals surface area contributed by atoms with Crippen LogP contribution in [0.25, 0.3) is 0 Å². The highest BCUT2D eigenvalue weighted by molar-refractivity contribution is 5.73. The molecule has 0 fully saturated rings. The SMILES string of the molecule is C=CCOC(=O)[C@@H]1CC(C)=C[C@H](C)[C@H]1C. The van der Waals surface area contributed by atoms with Gasteiger partial charge in [0.1, 0.15) is 6.61 Å². The molecule has 0 spiro atoms. The van der Waals surface area contributed by atoms with E-state index in [4.69, 9.17) is 4.74 Å². The minimum Gasteiger partial charge on any atom is -0.461 e. The maximum absolute atomic E-state index is 11.8. The van der Waals surface area contributed by atoms with Crippen molar-refractivity contribution in [1.29, 1.82) is 0 Å². The van der Waals surface area contributed by atoms with E-state index in [9.17, 15) is 4.79 Å². The van der Waals surface area contributed by atoms with Gasteiger partial charge in [0.15, 0.2) is 0 Å². The minimum atomic E-state index is -0.0818. The molecule has 0 aromatic rings. The predicted molar refractivity (Wildman–Crippen MR) is 61.3 cm³/mol. The molecule has 0 saturated heterocycles. The Hall–Kier alpha value is -1.05. The Morgan fingerprint density at radius 3 is 2.93 bits per heavy atom. The van der Waals surface area contributed by atoms with Gasteiger partial charge in [-0.15, -0.1) is 0 Å². The van der Waals surface area contributed by atoms with E-state index >= 15 is 0 Å². The molecule has 0 amide bonds. The Kier molecular flexibility index (Phi) is 4.13. The first-order chi connectivity index (χ1) is 7.06. The number of hydrogen-bond acceptors (Lipinski definition) is 2. The molecule has 0 aromatic carbocycles. The van der Waals surface area contributed by atoms with Crippen LogP contribution in [0.1, 0.15) is 27.2 Å². The maximum Gasteiger partial charge on any atom is 0.309 e. The molecule has 1 aliphatic carbocycles. The van der Waals surface area contributed by atoms with Crippen LogP contribution < -0.4 is 0 Å². The molecule has 3 atom stereocenters. The van der Waals surface area contributed by atoms with Crippen molar-refractivity contribution in [2.45, 2.75) is 27.2 Å². The fourth-order valence-corrected chi connectivity index (χ4v) is 2.11. The zero-order valence-corrected chi connectivity index (χ0v) is 9.82. The number of allylic oxidation sites excluding steroid dienone is 2. The summed E-state index contributed by atoms with van der Waals surface area (Å²) >= 11 is 0. The van der Waals surface area contributed by atoms with Crippen LogP contribution in [0.4, 0.5) is 0 Å². The summed E-state index contributed by atoms with van der Waals surface area (Å²) in [6, 6.07) is 0. The fraction of sp³-hybridized carbons (Fsp3) is 0.615. The fourth-order valence-electron chi connectivity index (χ4n) is 2.11. The lowest BCUT2D eigenvalue weighted by atomic mass is 9.75. The highest BCUT2D eigenvalue weighted by Gasteiger charge is 2.32. The van der Waals surface area contributed by atoms with Gasteiger partial charge in [0, 0.05) is 0 Å². The Bertz CT molecular complexity index is 278. The van der Waals surface area contributed by atoms with Crippen LogP contribution in [-0.2, 0) is 9.53 Å². The molecule has 0 bridgehead atoms. The van der Waals surface area contributed by atoms with Crippen molar-refractivity contribution in [2.24, 2.45) is 17.8 Å². The third-order valence-corrected chi connectivity index (χ3v) is 3.20. The lowest BCUT2D eigenvalue weighted by Gasteiger charge is -2.30. The largest absolute Gasteiger partial charge is 0.461 e. The Morgan fingerprint density at radius 1 is 1.67 bits per heavy atom. The molecule has 1 aliphatic rings. The molecule has 15 heavy (non-hydrogen) atoms. The quantitative estimate of drug-likeness (QED) is 0.526. The molecule has 2 heteroatoms. The summed E-state index contributed by atoms with van der Waals surface area (Å²) in [5.41, 5.74) is 1.29. The van der Waals surface area contributed by atoms with Crippen LogP contribution in [0.3, 0.4) is 0 Å². The summed E-state index contributed by atoms with van der Waals surface area (Å²) in [5.74, 6) is 0.762. The topological polar surface area (TPSA) is 26.3 Å². The smallest absolute Gasteiger partial charge is 0.309 e. The summed E-state index contributed by atoms with van der Waals surface area (Å²) in [6.45, 7) is 10.2. The second-order valence-corrected chi connectivity index (χ2v) is 4.46. The summed E-state index contributed by atoms with van der Waals surface area (Å²) in [4.78, 5) is 11.8. The van der Waals surface area contributed by atoms with Gasteiger partial charge in [0.2, 0.25) is 0 Å². The van der Waals surface area contributed by atoms with Gasteiger partial charge in [0.25, 0.3) is 0 Å². The van der Waals surface area contributed by atoms with Gasteiger partial charge in [-0.1, -0.05) is 38.2 Å².